The van der Waals surface area contributed by atoms with Crippen molar-refractivity contribution in [2.24, 2.45) is 7.05 Å². The molecule has 25 heavy (non-hydrogen) atoms. The van der Waals surface area contributed by atoms with Crippen molar-refractivity contribution in [2.45, 2.75) is 40.7 Å². The third-order valence-corrected chi connectivity index (χ3v) is 4.20. The molecular formula is C18H28N2O5. The number of methoxy groups -OCH3 is 1. The van der Waals surface area contributed by atoms with E-state index in [2.05, 4.69) is 0 Å². The molecule has 1 amide bonds. The van der Waals surface area contributed by atoms with Gasteiger partial charge in [-0.2, -0.15) is 0 Å². The van der Waals surface area contributed by atoms with Crippen LogP contribution in [0.25, 0.3) is 0 Å². The van der Waals surface area contributed by atoms with Gasteiger partial charge in [-0.1, -0.05) is 0 Å². The number of ether oxygens (including phenoxy) is 2. The topological polar surface area (TPSA) is 77.8 Å². The SMILES string of the molecule is CCOC(=O)c1c(C)c(C(=O)CN(C(=O)COC)C(C)C)c(C)n1C. The van der Waals surface area contributed by atoms with Crippen LogP contribution in [0.4, 0.5) is 0 Å². The Kier molecular flexibility index (Phi) is 7.36. The van der Waals surface area contributed by atoms with Gasteiger partial charge in [0.2, 0.25) is 5.91 Å². The highest BCUT2D eigenvalue weighted by Gasteiger charge is 2.28. The Hall–Kier alpha value is -2.15. The summed E-state index contributed by atoms with van der Waals surface area (Å²) >= 11 is 0. The maximum absolute atomic E-state index is 12.9. The molecule has 0 bridgehead atoms. The number of carbonyl (C=O) groups excluding carboxylic acids is 3. The van der Waals surface area contributed by atoms with Gasteiger partial charge < -0.3 is 18.9 Å². The highest BCUT2D eigenvalue weighted by molar-refractivity contribution is 6.04. The third kappa shape index (κ3) is 4.48. The molecule has 140 valence electrons. The Bertz CT molecular complexity index is 661. The quantitative estimate of drug-likeness (QED) is 0.527. The predicted octanol–water partition coefficient (Wildman–Crippen LogP) is 1.88. The van der Waals surface area contributed by atoms with E-state index in [0.29, 0.717) is 22.5 Å². The molecule has 1 aromatic heterocycles. The first-order chi connectivity index (χ1) is 11.7. The number of amides is 1. The number of hydrogen-bond donors (Lipinski definition) is 0. The molecule has 1 aromatic rings. The van der Waals surface area contributed by atoms with Crippen LogP contribution in [0.3, 0.4) is 0 Å². The van der Waals surface area contributed by atoms with Gasteiger partial charge >= 0.3 is 5.97 Å². The first-order valence-electron chi connectivity index (χ1n) is 8.31. The van der Waals surface area contributed by atoms with Crippen LogP contribution in [0.15, 0.2) is 0 Å². The molecule has 7 heteroatoms. The summed E-state index contributed by atoms with van der Waals surface area (Å²) in [6, 6.07) is -0.138. The number of carbonyl (C=O) groups is 3. The third-order valence-electron chi connectivity index (χ3n) is 4.20. The van der Waals surface area contributed by atoms with Crippen LogP contribution in [0, 0.1) is 13.8 Å². The molecule has 0 aromatic carbocycles. The van der Waals surface area contributed by atoms with Crippen molar-refractivity contribution in [1.29, 1.82) is 0 Å². The molecule has 0 unspecified atom stereocenters. The number of Topliss-reactive ketones (excluding diaryl/α,β-unsaturated/α-hetero) is 1. The molecule has 7 nitrogen and oxygen atoms in total. The lowest BCUT2D eigenvalue weighted by molar-refractivity contribution is -0.136. The largest absolute Gasteiger partial charge is 0.461 e. The minimum Gasteiger partial charge on any atom is -0.461 e. The van der Waals surface area contributed by atoms with E-state index in [9.17, 15) is 14.4 Å². The Balaban J connectivity index is 3.19. The lowest BCUT2D eigenvalue weighted by atomic mass is 10.0. The van der Waals surface area contributed by atoms with Crippen molar-refractivity contribution < 1.29 is 23.9 Å². The number of rotatable bonds is 8. The van der Waals surface area contributed by atoms with E-state index >= 15 is 0 Å². The zero-order valence-corrected chi connectivity index (χ0v) is 16.1. The number of esters is 1. The Morgan fingerprint density at radius 2 is 1.80 bits per heavy atom. The lowest BCUT2D eigenvalue weighted by Gasteiger charge is -2.26. The van der Waals surface area contributed by atoms with Crippen molar-refractivity contribution in [3.63, 3.8) is 0 Å². The summed E-state index contributed by atoms with van der Waals surface area (Å²) in [5, 5.41) is 0. The summed E-state index contributed by atoms with van der Waals surface area (Å²) in [5.74, 6) is -0.914. The van der Waals surface area contributed by atoms with E-state index in [4.69, 9.17) is 9.47 Å². The van der Waals surface area contributed by atoms with Gasteiger partial charge in [0.15, 0.2) is 5.78 Å². The number of nitrogens with zero attached hydrogens (tertiary/aromatic N) is 2. The number of hydrogen-bond acceptors (Lipinski definition) is 5. The van der Waals surface area contributed by atoms with E-state index < -0.39 is 5.97 Å². The van der Waals surface area contributed by atoms with Gasteiger partial charge in [-0.05, 0) is 40.2 Å². The van der Waals surface area contributed by atoms with Crippen LogP contribution < -0.4 is 0 Å². The van der Waals surface area contributed by atoms with Gasteiger partial charge in [-0.15, -0.1) is 0 Å². The molecular weight excluding hydrogens is 324 g/mol. The fraction of sp³-hybridized carbons (Fsp3) is 0.611. The highest BCUT2D eigenvalue weighted by Crippen LogP contribution is 2.23. The molecule has 1 heterocycles. The van der Waals surface area contributed by atoms with Gasteiger partial charge in [0, 0.05) is 31.5 Å². The van der Waals surface area contributed by atoms with E-state index in [0.717, 1.165) is 0 Å². The minimum absolute atomic E-state index is 0.0617. The van der Waals surface area contributed by atoms with Gasteiger partial charge in [0.25, 0.3) is 0 Å². The van der Waals surface area contributed by atoms with Crippen molar-refractivity contribution in [2.75, 3.05) is 26.9 Å². The van der Waals surface area contributed by atoms with Crippen LogP contribution in [0.1, 0.15) is 52.9 Å². The second-order valence-corrected chi connectivity index (χ2v) is 6.19. The zero-order chi connectivity index (χ0) is 19.3. The first kappa shape index (κ1) is 20.9. The predicted molar refractivity (Wildman–Crippen MR) is 93.9 cm³/mol. The van der Waals surface area contributed by atoms with Crippen molar-refractivity contribution >= 4 is 17.7 Å². The molecule has 0 aliphatic heterocycles. The van der Waals surface area contributed by atoms with Gasteiger partial charge in [0.05, 0.1) is 13.2 Å². The highest BCUT2D eigenvalue weighted by atomic mass is 16.5. The summed E-state index contributed by atoms with van der Waals surface area (Å²) in [7, 11) is 3.16. The van der Waals surface area contributed by atoms with E-state index in [1.54, 1.807) is 32.4 Å². The zero-order valence-electron chi connectivity index (χ0n) is 16.1. The van der Waals surface area contributed by atoms with E-state index in [1.165, 1.54) is 12.0 Å². The van der Waals surface area contributed by atoms with Crippen LogP contribution in [0.5, 0.6) is 0 Å². The van der Waals surface area contributed by atoms with E-state index in [-0.39, 0.29) is 37.5 Å². The van der Waals surface area contributed by atoms with Crippen LogP contribution in [-0.4, -0.2) is 60.0 Å². The van der Waals surface area contributed by atoms with Gasteiger partial charge in [-0.25, -0.2) is 4.79 Å². The average Bonchev–Trinajstić information content (AvgIpc) is 2.74. The van der Waals surface area contributed by atoms with Crippen molar-refractivity contribution in [1.82, 2.24) is 9.47 Å². The van der Waals surface area contributed by atoms with Gasteiger partial charge in [0.1, 0.15) is 12.3 Å². The average molecular weight is 352 g/mol. The molecule has 0 saturated carbocycles. The normalized spacial score (nSPS) is 10.9. The summed E-state index contributed by atoms with van der Waals surface area (Å²) in [5.41, 5.74) is 2.07. The van der Waals surface area contributed by atoms with Crippen LogP contribution in [-0.2, 0) is 21.3 Å². The fourth-order valence-corrected chi connectivity index (χ4v) is 2.88. The van der Waals surface area contributed by atoms with Gasteiger partial charge in [-0.3, -0.25) is 9.59 Å². The Labute approximate surface area is 148 Å². The molecule has 0 spiro atoms. The lowest BCUT2D eigenvalue weighted by Crippen LogP contribution is -2.42. The molecule has 0 radical (unpaired) electrons. The molecule has 0 atom stereocenters. The van der Waals surface area contributed by atoms with E-state index in [1.807, 2.05) is 13.8 Å². The monoisotopic (exact) mass is 352 g/mol. The molecule has 0 aliphatic rings. The molecule has 0 N–H and O–H groups in total. The van der Waals surface area contributed by atoms with Crippen LogP contribution in [0.2, 0.25) is 0 Å². The number of ketones is 1. The van der Waals surface area contributed by atoms with Crippen LogP contribution >= 0.6 is 0 Å². The maximum Gasteiger partial charge on any atom is 0.355 e. The van der Waals surface area contributed by atoms with Crippen molar-refractivity contribution in [3.05, 3.63) is 22.5 Å². The first-order valence-corrected chi connectivity index (χ1v) is 8.31. The second kappa shape index (κ2) is 8.80. The summed E-state index contributed by atoms with van der Waals surface area (Å²) in [6.45, 7) is 9.05. The Morgan fingerprint density at radius 3 is 2.28 bits per heavy atom. The summed E-state index contributed by atoms with van der Waals surface area (Å²) in [6.07, 6.45) is 0. The maximum atomic E-state index is 12.9. The minimum atomic E-state index is -0.458. The van der Waals surface area contributed by atoms with Crippen molar-refractivity contribution in [3.8, 4) is 0 Å². The summed E-state index contributed by atoms with van der Waals surface area (Å²) < 4.78 is 11.6. The Morgan fingerprint density at radius 1 is 1.20 bits per heavy atom. The molecule has 0 aliphatic carbocycles. The standard InChI is InChI=1S/C18H28N2O5/c1-8-25-18(23)17-12(4)16(13(5)19(17)6)14(21)9-20(11(2)3)15(22)10-24-7/h11H,8-10H2,1-7H3. The molecule has 0 fully saturated rings. The fourth-order valence-electron chi connectivity index (χ4n) is 2.88. The smallest absolute Gasteiger partial charge is 0.355 e. The second-order valence-electron chi connectivity index (χ2n) is 6.19. The number of aromatic nitrogens is 1. The molecule has 0 saturated heterocycles. The molecule has 1 rings (SSSR count). The summed E-state index contributed by atoms with van der Waals surface area (Å²) in [4.78, 5) is 38.6.